The summed E-state index contributed by atoms with van der Waals surface area (Å²) >= 11 is 0. The van der Waals surface area contributed by atoms with Crippen LogP contribution in [0.25, 0.3) is 0 Å². The molecule has 0 saturated carbocycles. The number of halogens is 2. The van der Waals surface area contributed by atoms with Crippen LogP contribution in [0.5, 0.6) is 5.75 Å². The van der Waals surface area contributed by atoms with Gasteiger partial charge in [-0.2, -0.15) is 0 Å². The van der Waals surface area contributed by atoms with E-state index in [9.17, 15) is 22.0 Å². The molecule has 0 fully saturated rings. The monoisotopic (exact) mass is 338 g/mol. The highest BCUT2D eigenvalue weighted by Crippen LogP contribution is 2.23. The summed E-state index contributed by atoms with van der Waals surface area (Å²) in [6.07, 6.45) is 0. The Kier molecular flexibility index (Phi) is 5.80. The van der Waals surface area contributed by atoms with E-state index in [4.69, 9.17) is 10.5 Å². The van der Waals surface area contributed by atoms with Gasteiger partial charge in [0.25, 0.3) is 5.92 Å². The van der Waals surface area contributed by atoms with Crippen molar-refractivity contribution in [2.24, 2.45) is 5.73 Å². The molecule has 0 aliphatic carbocycles. The first kappa shape index (κ1) is 18.3. The van der Waals surface area contributed by atoms with Crippen LogP contribution in [0.15, 0.2) is 23.1 Å². The highest BCUT2D eigenvalue weighted by Gasteiger charge is 2.30. The fourth-order valence-electron chi connectivity index (χ4n) is 1.48. The lowest BCUT2D eigenvalue weighted by Crippen LogP contribution is -2.41. The summed E-state index contributed by atoms with van der Waals surface area (Å²) in [6, 6.07) is 3.32. The molecule has 10 heteroatoms. The van der Waals surface area contributed by atoms with Crippen LogP contribution in [0.3, 0.4) is 0 Å². The summed E-state index contributed by atoms with van der Waals surface area (Å²) in [5, 5.41) is 0. The number of rotatable bonds is 7. The maximum absolute atomic E-state index is 13.0. The second kappa shape index (κ2) is 6.99. The Balaban J connectivity index is 3.13. The van der Waals surface area contributed by atoms with Crippen LogP contribution < -0.4 is 15.2 Å². The van der Waals surface area contributed by atoms with Gasteiger partial charge in [0.15, 0.2) is 0 Å². The van der Waals surface area contributed by atoms with Gasteiger partial charge in [-0.05, 0) is 18.2 Å². The van der Waals surface area contributed by atoms with E-state index in [1.807, 2.05) is 0 Å². The van der Waals surface area contributed by atoms with Crippen molar-refractivity contribution in [2.75, 3.05) is 27.3 Å². The van der Waals surface area contributed by atoms with Crippen molar-refractivity contribution < 1.29 is 31.5 Å². The van der Waals surface area contributed by atoms with E-state index in [-0.39, 0.29) is 16.2 Å². The van der Waals surface area contributed by atoms with Gasteiger partial charge in [-0.3, -0.25) is 0 Å². The van der Waals surface area contributed by atoms with Crippen molar-refractivity contribution in [3.63, 3.8) is 0 Å². The molecule has 0 unspecified atom stereocenters. The molecule has 0 aliphatic rings. The van der Waals surface area contributed by atoms with E-state index >= 15 is 0 Å². The molecule has 0 atom stereocenters. The van der Waals surface area contributed by atoms with Crippen molar-refractivity contribution in [2.45, 2.75) is 10.8 Å². The molecule has 124 valence electrons. The maximum Gasteiger partial charge on any atom is 0.341 e. The van der Waals surface area contributed by atoms with Gasteiger partial charge in [-0.25, -0.2) is 26.7 Å². The molecule has 1 aromatic rings. The lowest BCUT2D eigenvalue weighted by Gasteiger charge is -2.15. The molecule has 0 bridgehead atoms. The minimum Gasteiger partial charge on any atom is -0.496 e. The van der Waals surface area contributed by atoms with Crippen molar-refractivity contribution in [3.05, 3.63) is 23.8 Å². The van der Waals surface area contributed by atoms with Crippen LogP contribution >= 0.6 is 0 Å². The Morgan fingerprint density at radius 2 is 2.00 bits per heavy atom. The molecule has 0 radical (unpaired) electrons. The summed E-state index contributed by atoms with van der Waals surface area (Å²) in [5.74, 6) is -4.09. The minimum atomic E-state index is -4.24. The van der Waals surface area contributed by atoms with Gasteiger partial charge >= 0.3 is 5.97 Å². The van der Waals surface area contributed by atoms with Gasteiger partial charge < -0.3 is 15.2 Å². The first-order chi connectivity index (χ1) is 10.2. The number of sulfonamides is 1. The molecule has 1 aromatic carbocycles. The van der Waals surface area contributed by atoms with Gasteiger partial charge in [-0.1, -0.05) is 0 Å². The second-order valence-electron chi connectivity index (χ2n) is 4.24. The molecule has 0 aromatic heterocycles. The van der Waals surface area contributed by atoms with E-state index < -0.39 is 35.0 Å². The summed E-state index contributed by atoms with van der Waals surface area (Å²) < 4.78 is 61.2. The number of ether oxygens (including phenoxy) is 2. The average Bonchev–Trinajstić information content (AvgIpc) is 2.51. The van der Waals surface area contributed by atoms with E-state index in [2.05, 4.69) is 4.74 Å². The minimum absolute atomic E-state index is 0.0955. The number of nitrogens with two attached hydrogens (primary N) is 1. The van der Waals surface area contributed by atoms with Gasteiger partial charge in [0, 0.05) is 0 Å². The number of hydrogen-bond donors (Lipinski definition) is 2. The number of hydrogen-bond acceptors (Lipinski definition) is 6. The molecular weight excluding hydrogens is 322 g/mol. The largest absolute Gasteiger partial charge is 0.496 e. The Morgan fingerprint density at radius 1 is 1.36 bits per heavy atom. The highest BCUT2D eigenvalue weighted by atomic mass is 32.2. The third-order valence-corrected chi connectivity index (χ3v) is 4.10. The normalized spacial score (nSPS) is 12.0. The fourth-order valence-corrected chi connectivity index (χ4v) is 2.57. The van der Waals surface area contributed by atoms with Gasteiger partial charge in [0.05, 0.1) is 32.2 Å². The predicted molar refractivity (Wildman–Crippen MR) is 73.5 cm³/mol. The Morgan fingerprint density at radius 3 is 2.50 bits per heavy atom. The van der Waals surface area contributed by atoms with Gasteiger partial charge in [-0.15, -0.1) is 0 Å². The van der Waals surface area contributed by atoms with Crippen LogP contribution in [-0.4, -0.2) is 47.6 Å². The molecule has 22 heavy (non-hydrogen) atoms. The third-order valence-electron chi connectivity index (χ3n) is 2.71. The van der Waals surface area contributed by atoms with E-state index in [1.165, 1.54) is 13.2 Å². The van der Waals surface area contributed by atoms with Gasteiger partial charge in [0.1, 0.15) is 11.3 Å². The molecular formula is C12H16F2N2O5S. The first-order valence-electron chi connectivity index (χ1n) is 6.01. The third kappa shape index (κ3) is 4.36. The Labute approximate surface area is 126 Å². The number of carbonyl (C=O) groups excluding carboxylic acids is 1. The summed E-state index contributed by atoms with van der Waals surface area (Å²) in [4.78, 5) is 11.2. The Hall–Kier alpha value is -1.78. The highest BCUT2D eigenvalue weighted by molar-refractivity contribution is 7.89. The van der Waals surface area contributed by atoms with Crippen molar-refractivity contribution in [1.82, 2.24) is 4.72 Å². The first-order valence-corrected chi connectivity index (χ1v) is 7.49. The molecule has 3 N–H and O–H groups in total. The lowest BCUT2D eigenvalue weighted by molar-refractivity contribution is 0.0170. The average molecular weight is 338 g/mol. The topological polar surface area (TPSA) is 108 Å². The van der Waals surface area contributed by atoms with E-state index in [0.717, 1.165) is 19.2 Å². The molecule has 0 saturated heterocycles. The van der Waals surface area contributed by atoms with E-state index in [1.54, 1.807) is 4.72 Å². The fraction of sp³-hybridized carbons (Fsp3) is 0.417. The zero-order valence-electron chi connectivity index (χ0n) is 11.9. The zero-order chi connectivity index (χ0) is 17.0. The summed E-state index contributed by atoms with van der Waals surface area (Å²) in [5.41, 5.74) is 4.69. The van der Waals surface area contributed by atoms with Crippen LogP contribution in [0.2, 0.25) is 0 Å². The summed E-state index contributed by atoms with van der Waals surface area (Å²) in [6.45, 7) is -2.14. The second-order valence-corrected chi connectivity index (χ2v) is 6.01. The van der Waals surface area contributed by atoms with Crippen molar-refractivity contribution >= 4 is 16.0 Å². The Bertz CT molecular complexity index is 649. The number of nitrogens with one attached hydrogen (secondary N) is 1. The van der Waals surface area contributed by atoms with Crippen molar-refractivity contribution in [3.8, 4) is 5.75 Å². The van der Waals surface area contributed by atoms with Crippen LogP contribution in [-0.2, 0) is 14.8 Å². The number of benzene rings is 1. The van der Waals surface area contributed by atoms with Crippen LogP contribution in [0.1, 0.15) is 10.4 Å². The number of alkyl halides is 2. The molecule has 0 spiro atoms. The zero-order valence-corrected chi connectivity index (χ0v) is 12.7. The molecule has 0 aliphatic heterocycles. The standard InChI is InChI=1S/C12H16F2N2O5S/c1-20-10-4-3-8(5-9(10)11(17)21-2)22(18,19)16-7-12(13,14)6-15/h3-5,16H,6-7,15H2,1-2H3. The van der Waals surface area contributed by atoms with Gasteiger partial charge in [0.2, 0.25) is 10.0 Å². The maximum atomic E-state index is 13.0. The van der Waals surface area contributed by atoms with Crippen LogP contribution in [0, 0.1) is 0 Å². The lowest BCUT2D eigenvalue weighted by atomic mass is 10.2. The predicted octanol–water partition coefficient (Wildman–Crippen LogP) is 0.354. The smallest absolute Gasteiger partial charge is 0.341 e. The van der Waals surface area contributed by atoms with Crippen molar-refractivity contribution in [1.29, 1.82) is 0 Å². The molecule has 0 amide bonds. The molecule has 1 rings (SSSR count). The van der Waals surface area contributed by atoms with E-state index in [0.29, 0.717) is 0 Å². The summed E-state index contributed by atoms with van der Waals surface area (Å²) in [7, 11) is -1.84. The number of carbonyl (C=O) groups is 1. The SMILES string of the molecule is COC(=O)c1cc(S(=O)(=O)NCC(F)(F)CN)ccc1OC. The number of esters is 1. The molecule has 0 heterocycles. The number of methoxy groups -OCH3 is 2. The molecule has 7 nitrogen and oxygen atoms in total. The quantitative estimate of drug-likeness (QED) is 0.695. The van der Waals surface area contributed by atoms with Crippen LogP contribution in [0.4, 0.5) is 8.78 Å².